The van der Waals surface area contributed by atoms with E-state index in [-0.39, 0.29) is 184 Å². The zero-order chi connectivity index (χ0) is 94.1. The summed E-state index contributed by atoms with van der Waals surface area (Å²) >= 11 is 0. The third-order valence-corrected chi connectivity index (χ3v) is 43.0. The van der Waals surface area contributed by atoms with E-state index in [1.165, 1.54) is 92.6 Å². The predicted octanol–water partition coefficient (Wildman–Crippen LogP) is 23.9. The first-order valence-corrected chi connectivity index (χ1v) is 51.4. The molecule has 0 aliphatic heterocycles. The van der Waals surface area contributed by atoms with Gasteiger partial charge >= 0.3 is 59.4 Å². The van der Waals surface area contributed by atoms with Crippen LogP contribution in [0.2, 0.25) is 0 Å². The van der Waals surface area contributed by atoms with E-state index in [1.54, 1.807) is 5.57 Å². The molecule has 17 aliphatic rings. The van der Waals surface area contributed by atoms with E-state index >= 15 is 0 Å². The van der Waals surface area contributed by atoms with Crippen molar-refractivity contribution in [2.75, 3.05) is 14.2 Å². The van der Waals surface area contributed by atoms with Crippen molar-refractivity contribution in [1.82, 2.24) is 0 Å². The summed E-state index contributed by atoms with van der Waals surface area (Å²) in [5, 5.41) is 10.6. The molecule has 17 aliphatic carbocycles. The summed E-state index contributed by atoms with van der Waals surface area (Å²) in [6.45, 7) is 64.7. The minimum absolute atomic E-state index is 0. The van der Waals surface area contributed by atoms with Crippen LogP contribution in [0.3, 0.4) is 0 Å². The summed E-state index contributed by atoms with van der Waals surface area (Å²) in [6, 6.07) is 0. The summed E-state index contributed by atoms with van der Waals surface area (Å²) < 4.78 is 22.3. The SMILES string of the molecule is CC(C)C1=C2C3CCC4[C@@]5(C)CC=C(C6=CCC(C(=O)OC(C)(C)C)CC6)C(C)(C)C5CC[C@@]4(C)[C@]3(C)CC[C@@]2(C(=O)O)CC1=O.COC(=O)[C@@]12CC[C@]3(C)C(CCC4[C@@]5(C)CC=C(C6=CCC(C(=O)OC(C)(C)C)CC6)C(C)(C)C5CC[C@]43C)C1=C(C(C)C)C(=O)C2.COC(=O)[C@@]12CC[C@]3(C)[C@H](CCC4[C@@]5(C)CC=C(C)C(C)(C)C5CC[C@]43C)C1=C(C(C)C)C(=O)C2.[Na+].[OH-]. The van der Waals surface area contributed by atoms with Gasteiger partial charge in [0.25, 0.3) is 0 Å². The maximum Gasteiger partial charge on any atom is 1.00 e. The number of hydrogen-bond acceptors (Lipinski definition) is 13. The van der Waals surface area contributed by atoms with Crippen LogP contribution in [0.15, 0.2) is 91.7 Å². The van der Waals surface area contributed by atoms with Crippen molar-refractivity contribution in [3.8, 4) is 0 Å². The van der Waals surface area contributed by atoms with Crippen LogP contribution in [0, 0.1) is 164 Å². The molecule has 2 N–H and O–H groups in total. The molecule has 9 fully saturated rings. The Hall–Kier alpha value is -4.76. The zero-order valence-electron chi connectivity index (χ0n) is 87.0. The van der Waals surface area contributed by atoms with Crippen LogP contribution < -0.4 is 29.6 Å². The fraction of sp³-hybridized carbons (Fsp3) is 0.791. The molecule has 0 radical (unpaired) electrons. The number of methoxy groups -OCH3 is 2. The molecule has 0 amide bonds. The van der Waals surface area contributed by atoms with E-state index in [1.807, 2.05) is 41.5 Å². The molecule has 0 spiro atoms. The first-order valence-electron chi connectivity index (χ1n) is 51.4. The van der Waals surface area contributed by atoms with Gasteiger partial charge in [0.1, 0.15) is 11.2 Å². The summed E-state index contributed by atoms with van der Waals surface area (Å²) in [6.07, 6.45) is 40.4. The number of fused-ring (bicyclic) bond motifs is 21. The van der Waals surface area contributed by atoms with Gasteiger partial charge in [0.05, 0.1) is 42.3 Å². The van der Waals surface area contributed by atoms with E-state index in [4.69, 9.17) is 18.9 Å². The van der Waals surface area contributed by atoms with Crippen LogP contribution in [0.25, 0.3) is 0 Å². The average molecular weight is 1800 g/mol. The van der Waals surface area contributed by atoms with E-state index in [2.05, 4.69) is 183 Å². The number of carbonyl (C=O) groups is 8. The molecule has 0 heterocycles. The molecular formula is C115H171NaO14. The maximum absolute atomic E-state index is 13.6. The molecule has 130 heavy (non-hydrogen) atoms. The minimum atomic E-state index is -0.994. The van der Waals surface area contributed by atoms with Crippen molar-refractivity contribution in [3.63, 3.8) is 0 Å². The minimum Gasteiger partial charge on any atom is -0.870 e. The van der Waals surface area contributed by atoms with Crippen LogP contribution in [0.5, 0.6) is 0 Å². The van der Waals surface area contributed by atoms with Crippen LogP contribution in [0.4, 0.5) is 0 Å². The number of esters is 4. The number of Topliss-reactive ketones (excluding diaryl/α,β-unsaturated/α-hetero) is 3. The van der Waals surface area contributed by atoms with E-state index in [0.717, 1.165) is 150 Å². The molecule has 0 aromatic rings. The van der Waals surface area contributed by atoms with Gasteiger partial charge in [-0.3, -0.25) is 38.4 Å². The van der Waals surface area contributed by atoms with Gasteiger partial charge in [-0.15, -0.1) is 0 Å². The van der Waals surface area contributed by atoms with Gasteiger partial charge in [-0.05, 0) is 414 Å². The van der Waals surface area contributed by atoms with Crippen molar-refractivity contribution in [3.05, 3.63) is 91.7 Å². The summed E-state index contributed by atoms with van der Waals surface area (Å²) in [5.74, 6) is 3.77. The Bertz CT molecular complexity index is 4870. The Balaban J connectivity index is 0.000000167. The van der Waals surface area contributed by atoms with Crippen LogP contribution in [0.1, 0.15) is 386 Å². The van der Waals surface area contributed by atoms with E-state index in [0.29, 0.717) is 60.2 Å². The van der Waals surface area contributed by atoms with Crippen LogP contribution in [-0.4, -0.2) is 83.2 Å². The molecule has 17 rings (SSSR count). The number of carboxylic acid groups (broad SMARTS) is 1. The fourth-order valence-electron chi connectivity index (χ4n) is 36.4. The number of ether oxygens (including phenoxy) is 4. The molecule has 23 atom stereocenters. The van der Waals surface area contributed by atoms with Crippen molar-refractivity contribution in [2.24, 2.45) is 164 Å². The molecular weight excluding hydrogens is 1630 g/mol. The molecule has 14 nitrogen and oxygen atoms in total. The predicted molar refractivity (Wildman–Crippen MR) is 511 cm³/mol. The Labute approximate surface area is 806 Å². The molecule has 15 heteroatoms. The van der Waals surface area contributed by atoms with E-state index in [9.17, 15) is 43.5 Å². The summed E-state index contributed by atoms with van der Waals surface area (Å²) in [5.41, 5.74) is 11.7. The van der Waals surface area contributed by atoms with Crippen LogP contribution >= 0.6 is 0 Å². The molecule has 0 aromatic heterocycles. The standard InChI is InChI=1S/C42H62O5.C41H60O5.C32H48O3.Na.H2O/c1-25(2)33-30(43)24-42(36(45)46-11)23-22-40(9)29(34(33)42)16-17-32-39(8)20-18-28(38(6,7)31(39)19-21-41(32,40)10)26-12-14-27(15-13-26)35(44)47-37(3,4)5;1-24(2)32-29(42)23-41(35(44)45)22-21-39(9)28(33(32)41)15-16-31-38(8)19-17-27(37(6,7)30(38)18-20-40(31,39)10)25-11-13-26(14-12-25)34(43)46-36(3,4)5;1-19(2)25-22(33)18-32(27(34)35-9)17-16-30(7)21(26(25)32)10-11-24-29(6)14-12-20(3)28(4,5)23(29)13-15-31(24,30)8;;/h12,18,25,27,29,31-32H,13-17,19-24H2,1-11H3;11,17,24,26,28,30-31H,12-16,18-23H2,1-10H3,(H,44,45);12,19,21,23-24H,10-11,13-18H2,1-9H3;;1H2/q;;;+1;/p-1/t27?,29?,31?,32?,39-,40+,41+,42+;26?,28?,30?,31?,38-,39+,40+,41+;21-,23?,24?,29+,30-,31-,32-;;/m001../s1. The quantitative estimate of drug-likeness (QED) is 0.0930. The van der Waals surface area contributed by atoms with Gasteiger partial charge < -0.3 is 29.5 Å². The first kappa shape index (κ1) is 103. The largest absolute Gasteiger partial charge is 1.00 e. The smallest absolute Gasteiger partial charge is 0.870 e. The molecule has 9 saturated carbocycles. The van der Waals surface area contributed by atoms with Gasteiger partial charge in [0, 0.05) is 19.3 Å². The van der Waals surface area contributed by atoms with Gasteiger partial charge in [-0.25, -0.2) is 0 Å². The van der Waals surface area contributed by atoms with E-state index < -0.39 is 33.4 Å². The fourth-order valence-corrected chi connectivity index (χ4v) is 36.4. The number of rotatable bonds is 10. The molecule has 10 unspecified atom stereocenters. The zero-order valence-corrected chi connectivity index (χ0v) is 89.0. The van der Waals surface area contributed by atoms with Crippen molar-refractivity contribution in [2.45, 2.75) is 398 Å². The van der Waals surface area contributed by atoms with Gasteiger partial charge in [0.2, 0.25) is 0 Å². The number of ketones is 3. The molecule has 0 aromatic carbocycles. The molecule has 0 bridgehead atoms. The maximum atomic E-state index is 13.6. The topological polar surface area (TPSA) is 224 Å². The monoisotopic (exact) mass is 1800 g/mol. The number of carbonyl (C=O) groups excluding carboxylic acids is 7. The number of hydrogen-bond donors (Lipinski definition) is 1. The molecule has 0 saturated heterocycles. The average Bonchev–Trinajstić information content (AvgIpc) is 1.18. The van der Waals surface area contributed by atoms with Crippen molar-refractivity contribution < 1.29 is 97.4 Å². The van der Waals surface area contributed by atoms with Gasteiger partial charge in [0.15, 0.2) is 17.3 Å². The second-order valence-electron chi connectivity index (χ2n) is 52.5. The Morgan fingerprint density at radius 1 is 0.377 bits per heavy atom. The van der Waals surface area contributed by atoms with Crippen molar-refractivity contribution >= 4 is 47.2 Å². The van der Waals surface area contributed by atoms with Crippen molar-refractivity contribution in [1.29, 1.82) is 0 Å². The van der Waals surface area contributed by atoms with Crippen LogP contribution in [-0.2, 0) is 57.3 Å². The third kappa shape index (κ3) is 14.9. The van der Waals surface area contributed by atoms with Gasteiger partial charge in [-0.1, -0.05) is 181 Å². The number of allylic oxidation sites excluding steroid dienone is 13. The number of carboxylic acids is 1. The molecule has 716 valence electrons. The second kappa shape index (κ2) is 34.1. The Kier molecular flexibility index (Phi) is 26.9. The van der Waals surface area contributed by atoms with Gasteiger partial charge in [-0.2, -0.15) is 0 Å². The normalized spacial score (nSPS) is 42.2. The first-order chi connectivity index (χ1) is 59.2. The third-order valence-electron chi connectivity index (χ3n) is 43.0. The summed E-state index contributed by atoms with van der Waals surface area (Å²) in [7, 11) is 3.00. The Morgan fingerprint density at radius 3 is 0.954 bits per heavy atom. The number of aliphatic carboxylic acids is 1. The Morgan fingerprint density at radius 2 is 0.669 bits per heavy atom. The summed E-state index contributed by atoms with van der Waals surface area (Å²) in [4.78, 5) is 106. The second-order valence-corrected chi connectivity index (χ2v) is 52.5.